The maximum absolute atomic E-state index is 4.32. The molecular formula is C12H19BrN2S. The molecule has 1 N–H and O–H groups in total. The van der Waals surface area contributed by atoms with Gasteiger partial charge >= 0.3 is 0 Å². The Morgan fingerprint density at radius 1 is 1.38 bits per heavy atom. The second-order valence-electron chi connectivity index (χ2n) is 4.15. The summed E-state index contributed by atoms with van der Waals surface area (Å²) in [4.78, 5) is 4.32. The summed E-state index contributed by atoms with van der Waals surface area (Å²) < 4.78 is 1.03. The first-order valence-electron chi connectivity index (χ1n) is 5.57. The van der Waals surface area contributed by atoms with Gasteiger partial charge in [-0.3, -0.25) is 0 Å². The standard InChI is InChI=1S/C12H19BrN2S/c1-9(2)10(3)14-6-7-16-12-5-4-11(13)8-15-12/h4-5,8-10,14H,6-7H2,1-3H3. The van der Waals surface area contributed by atoms with Gasteiger partial charge in [0.15, 0.2) is 0 Å². The lowest BCUT2D eigenvalue weighted by Gasteiger charge is -2.16. The lowest BCUT2D eigenvalue weighted by molar-refractivity contribution is 0.438. The van der Waals surface area contributed by atoms with E-state index in [1.807, 2.05) is 18.3 Å². The molecule has 90 valence electrons. The van der Waals surface area contributed by atoms with E-state index in [0.717, 1.165) is 21.8 Å². The van der Waals surface area contributed by atoms with Gasteiger partial charge in [0, 0.05) is 29.0 Å². The minimum Gasteiger partial charge on any atom is -0.313 e. The predicted octanol–water partition coefficient (Wildman–Crippen LogP) is 3.57. The molecule has 4 heteroatoms. The van der Waals surface area contributed by atoms with Gasteiger partial charge in [-0.1, -0.05) is 13.8 Å². The van der Waals surface area contributed by atoms with Crippen molar-refractivity contribution in [3.63, 3.8) is 0 Å². The van der Waals surface area contributed by atoms with Crippen LogP contribution in [0.2, 0.25) is 0 Å². The van der Waals surface area contributed by atoms with E-state index in [1.165, 1.54) is 0 Å². The van der Waals surface area contributed by atoms with Crippen molar-refractivity contribution in [2.24, 2.45) is 5.92 Å². The van der Waals surface area contributed by atoms with E-state index in [2.05, 4.69) is 47.0 Å². The van der Waals surface area contributed by atoms with Crippen LogP contribution in [0.25, 0.3) is 0 Å². The van der Waals surface area contributed by atoms with E-state index in [4.69, 9.17) is 0 Å². The first-order chi connectivity index (χ1) is 7.59. The predicted molar refractivity (Wildman–Crippen MR) is 75.0 cm³/mol. The van der Waals surface area contributed by atoms with Crippen LogP contribution < -0.4 is 5.32 Å². The molecule has 1 atom stereocenters. The molecule has 1 aromatic rings. The lowest BCUT2D eigenvalue weighted by atomic mass is 10.1. The number of rotatable bonds is 6. The van der Waals surface area contributed by atoms with Crippen LogP contribution in [0.5, 0.6) is 0 Å². The SMILES string of the molecule is CC(C)C(C)NCCSc1ccc(Br)cn1. The van der Waals surface area contributed by atoms with E-state index in [9.17, 15) is 0 Å². The number of nitrogens with zero attached hydrogens (tertiary/aromatic N) is 1. The van der Waals surface area contributed by atoms with Crippen molar-refractivity contribution in [3.8, 4) is 0 Å². The maximum atomic E-state index is 4.32. The Balaban J connectivity index is 2.18. The molecule has 0 aliphatic heterocycles. The fraction of sp³-hybridized carbons (Fsp3) is 0.583. The molecule has 0 bridgehead atoms. The second kappa shape index (κ2) is 7.30. The van der Waals surface area contributed by atoms with Crippen LogP contribution in [0, 0.1) is 5.92 Å². The number of pyridine rings is 1. The summed E-state index contributed by atoms with van der Waals surface area (Å²) in [6.45, 7) is 7.73. The highest BCUT2D eigenvalue weighted by molar-refractivity contribution is 9.10. The van der Waals surface area contributed by atoms with Crippen LogP contribution in [0.1, 0.15) is 20.8 Å². The van der Waals surface area contributed by atoms with Crippen LogP contribution in [0.4, 0.5) is 0 Å². The molecule has 0 saturated carbocycles. The Morgan fingerprint density at radius 2 is 2.12 bits per heavy atom. The van der Waals surface area contributed by atoms with Crippen molar-refractivity contribution in [2.45, 2.75) is 31.8 Å². The maximum Gasteiger partial charge on any atom is 0.0961 e. The molecule has 0 fully saturated rings. The molecular weight excluding hydrogens is 284 g/mol. The van der Waals surface area contributed by atoms with Gasteiger partial charge in [0.2, 0.25) is 0 Å². The number of halogens is 1. The van der Waals surface area contributed by atoms with Gasteiger partial charge in [-0.05, 0) is 40.9 Å². The van der Waals surface area contributed by atoms with Crippen molar-refractivity contribution in [3.05, 3.63) is 22.8 Å². The molecule has 16 heavy (non-hydrogen) atoms. The fourth-order valence-corrected chi connectivity index (χ4v) is 2.08. The van der Waals surface area contributed by atoms with Crippen LogP contribution in [0.15, 0.2) is 27.8 Å². The van der Waals surface area contributed by atoms with Gasteiger partial charge in [0.25, 0.3) is 0 Å². The Morgan fingerprint density at radius 3 is 2.69 bits per heavy atom. The summed E-state index contributed by atoms with van der Waals surface area (Å²) in [5.74, 6) is 1.75. The van der Waals surface area contributed by atoms with Crippen LogP contribution >= 0.6 is 27.7 Å². The molecule has 0 amide bonds. The minimum atomic E-state index is 0.582. The van der Waals surface area contributed by atoms with Gasteiger partial charge in [-0.25, -0.2) is 4.98 Å². The van der Waals surface area contributed by atoms with Crippen molar-refractivity contribution in [1.29, 1.82) is 0 Å². The summed E-state index contributed by atoms with van der Waals surface area (Å²) in [6, 6.07) is 4.65. The highest BCUT2D eigenvalue weighted by atomic mass is 79.9. The third-order valence-corrected chi connectivity index (χ3v) is 3.93. The van der Waals surface area contributed by atoms with Crippen molar-refractivity contribution in [1.82, 2.24) is 10.3 Å². The first-order valence-corrected chi connectivity index (χ1v) is 7.35. The smallest absolute Gasteiger partial charge is 0.0961 e. The van der Waals surface area contributed by atoms with Crippen LogP contribution in [-0.4, -0.2) is 23.3 Å². The van der Waals surface area contributed by atoms with Crippen LogP contribution in [0.3, 0.4) is 0 Å². The van der Waals surface area contributed by atoms with E-state index < -0.39 is 0 Å². The number of hydrogen-bond acceptors (Lipinski definition) is 3. The van der Waals surface area contributed by atoms with Gasteiger partial charge in [0.1, 0.15) is 0 Å². The molecule has 1 rings (SSSR count). The van der Waals surface area contributed by atoms with Gasteiger partial charge in [0.05, 0.1) is 5.03 Å². The van der Waals surface area contributed by atoms with E-state index in [-0.39, 0.29) is 0 Å². The average Bonchev–Trinajstić information content (AvgIpc) is 2.26. The average molecular weight is 303 g/mol. The Kier molecular flexibility index (Phi) is 6.39. The molecule has 0 saturated heterocycles. The second-order valence-corrected chi connectivity index (χ2v) is 6.18. The molecule has 1 aromatic heterocycles. The fourth-order valence-electron chi connectivity index (χ4n) is 1.13. The van der Waals surface area contributed by atoms with Crippen molar-refractivity contribution >= 4 is 27.7 Å². The summed E-state index contributed by atoms with van der Waals surface area (Å²) in [5, 5.41) is 4.59. The zero-order chi connectivity index (χ0) is 12.0. The number of aromatic nitrogens is 1. The number of nitrogens with one attached hydrogen (secondary N) is 1. The zero-order valence-electron chi connectivity index (χ0n) is 10.0. The third kappa shape index (κ3) is 5.32. The van der Waals surface area contributed by atoms with Crippen LogP contribution in [-0.2, 0) is 0 Å². The van der Waals surface area contributed by atoms with E-state index in [0.29, 0.717) is 12.0 Å². The van der Waals surface area contributed by atoms with Crippen molar-refractivity contribution < 1.29 is 0 Å². The van der Waals surface area contributed by atoms with Gasteiger partial charge in [-0.2, -0.15) is 0 Å². The molecule has 2 nitrogen and oxygen atoms in total. The first kappa shape index (κ1) is 14.0. The molecule has 0 radical (unpaired) electrons. The molecule has 0 spiro atoms. The topological polar surface area (TPSA) is 24.9 Å². The van der Waals surface area contributed by atoms with Gasteiger partial charge in [-0.15, -0.1) is 11.8 Å². The highest BCUT2D eigenvalue weighted by Crippen LogP contribution is 2.16. The highest BCUT2D eigenvalue weighted by Gasteiger charge is 2.05. The summed E-state index contributed by atoms with van der Waals surface area (Å²) in [5.41, 5.74) is 0. The minimum absolute atomic E-state index is 0.582. The largest absolute Gasteiger partial charge is 0.313 e. The quantitative estimate of drug-likeness (QED) is 0.642. The Labute approximate surface area is 111 Å². The third-order valence-electron chi connectivity index (χ3n) is 2.52. The van der Waals surface area contributed by atoms with E-state index in [1.54, 1.807) is 11.8 Å². The summed E-state index contributed by atoms with van der Waals surface area (Å²) in [7, 11) is 0. The van der Waals surface area contributed by atoms with Gasteiger partial charge < -0.3 is 5.32 Å². The Bertz CT molecular complexity index is 300. The lowest BCUT2D eigenvalue weighted by Crippen LogP contribution is -2.32. The van der Waals surface area contributed by atoms with Crippen molar-refractivity contribution in [2.75, 3.05) is 12.3 Å². The normalized spacial score (nSPS) is 13.1. The summed E-state index contributed by atoms with van der Waals surface area (Å²) in [6.07, 6.45) is 1.84. The summed E-state index contributed by atoms with van der Waals surface area (Å²) >= 11 is 5.17. The zero-order valence-corrected chi connectivity index (χ0v) is 12.4. The molecule has 0 aliphatic carbocycles. The Hall–Kier alpha value is -0.0600. The number of thioether (sulfide) groups is 1. The van der Waals surface area contributed by atoms with E-state index >= 15 is 0 Å². The molecule has 1 unspecified atom stereocenters. The molecule has 0 aromatic carbocycles. The molecule has 1 heterocycles. The molecule has 0 aliphatic rings. The number of hydrogen-bond donors (Lipinski definition) is 1. The monoisotopic (exact) mass is 302 g/mol.